The number of carbonyl (C=O) groups excluding carboxylic acids is 1. The summed E-state index contributed by atoms with van der Waals surface area (Å²) in [7, 11) is 1.92. The minimum atomic E-state index is -0.195. The predicted octanol–water partition coefficient (Wildman–Crippen LogP) is 4.28. The molecule has 4 rings (SSSR count). The van der Waals surface area contributed by atoms with Gasteiger partial charge >= 0.3 is 6.03 Å². The number of fused-ring (bicyclic) bond motifs is 2. The van der Waals surface area contributed by atoms with E-state index in [2.05, 4.69) is 17.3 Å². The van der Waals surface area contributed by atoms with Crippen LogP contribution in [0, 0.1) is 19.7 Å². The zero-order chi connectivity index (χ0) is 19.3. The Morgan fingerprint density at radius 1 is 1.37 bits per heavy atom. The van der Waals surface area contributed by atoms with Crippen LogP contribution in [0.25, 0.3) is 0 Å². The molecule has 1 unspecified atom stereocenters. The van der Waals surface area contributed by atoms with Crippen molar-refractivity contribution in [3.8, 4) is 0 Å². The minimum absolute atomic E-state index is 0.110. The van der Waals surface area contributed by atoms with Crippen molar-refractivity contribution in [2.45, 2.75) is 57.9 Å². The summed E-state index contributed by atoms with van der Waals surface area (Å²) in [5.74, 6) is -0.187. The number of benzene rings is 1. The molecule has 0 saturated heterocycles. The molecule has 1 fully saturated rings. The van der Waals surface area contributed by atoms with E-state index in [0.29, 0.717) is 6.54 Å². The van der Waals surface area contributed by atoms with Crippen LogP contribution in [0.1, 0.15) is 61.2 Å². The molecule has 0 bridgehead atoms. The molecule has 2 amide bonds. The van der Waals surface area contributed by atoms with E-state index in [1.54, 1.807) is 11.0 Å². The second-order valence-electron chi connectivity index (χ2n) is 7.97. The lowest BCUT2D eigenvalue weighted by atomic mass is 9.65. The fourth-order valence-electron chi connectivity index (χ4n) is 4.82. The summed E-state index contributed by atoms with van der Waals surface area (Å²) in [6.07, 6.45) is 3.76. The Kier molecular flexibility index (Phi) is 4.24. The van der Waals surface area contributed by atoms with E-state index in [-0.39, 0.29) is 23.3 Å². The van der Waals surface area contributed by atoms with E-state index in [1.165, 1.54) is 6.07 Å². The molecule has 2 aromatic rings. The van der Waals surface area contributed by atoms with Crippen molar-refractivity contribution in [2.75, 3.05) is 11.4 Å². The van der Waals surface area contributed by atoms with Gasteiger partial charge in [-0.25, -0.2) is 9.18 Å². The Morgan fingerprint density at radius 2 is 2.11 bits per heavy atom. The maximum atomic E-state index is 14.6. The van der Waals surface area contributed by atoms with Crippen LogP contribution < -0.4 is 10.2 Å². The van der Waals surface area contributed by atoms with E-state index in [1.807, 2.05) is 31.6 Å². The molecule has 6 heteroatoms. The van der Waals surface area contributed by atoms with Gasteiger partial charge in [-0.3, -0.25) is 9.58 Å². The van der Waals surface area contributed by atoms with E-state index in [4.69, 9.17) is 0 Å². The Hall–Kier alpha value is -2.37. The SMILES string of the molecule is CCC(NC(=O)N1CC2(CCC2)c2c(F)cccc21)c1c(C)nn(C)c1C. The molecule has 1 N–H and O–H groups in total. The molecule has 1 saturated carbocycles. The molecule has 1 aromatic heterocycles. The molecule has 2 aliphatic rings. The first-order valence-corrected chi connectivity index (χ1v) is 9.75. The number of nitrogens with one attached hydrogen (secondary N) is 1. The number of aromatic nitrogens is 2. The van der Waals surface area contributed by atoms with E-state index in [9.17, 15) is 9.18 Å². The number of halogens is 1. The topological polar surface area (TPSA) is 50.2 Å². The van der Waals surface area contributed by atoms with Crippen LogP contribution in [0.2, 0.25) is 0 Å². The molecule has 1 aliphatic carbocycles. The Morgan fingerprint density at radius 3 is 2.67 bits per heavy atom. The average molecular weight is 370 g/mol. The van der Waals surface area contributed by atoms with Crippen molar-refractivity contribution in [1.29, 1.82) is 0 Å². The van der Waals surface area contributed by atoms with Gasteiger partial charge in [0.1, 0.15) is 5.82 Å². The van der Waals surface area contributed by atoms with Gasteiger partial charge in [0.05, 0.1) is 17.4 Å². The molecular weight excluding hydrogens is 343 g/mol. The quantitative estimate of drug-likeness (QED) is 0.877. The number of aryl methyl sites for hydroxylation is 2. The van der Waals surface area contributed by atoms with Crippen molar-refractivity contribution in [3.63, 3.8) is 0 Å². The first-order chi connectivity index (χ1) is 12.9. The standard InChI is InChI=1S/C21H27FN4O/c1-5-16(18-13(2)24-25(4)14(18)3)23-20(27)26-12-21(10-7-11-21)19-15(22)8-6-9-17(19)26/h6,8-9,16H,5,7,10-12H2,1-4H3,(H,23,27). The molecule has 1 aliphatic heterocycles. The maximum Gasteiger partial charge on any atom is 0.322 e. The van der Waals surface area contributed by atoms with Gasteiger partial charge in [0, 0.05) is 35.8 Å². The Labute approximate surface area is 159 Å². The number of anilines is 1. The number of rotatable bonds is 3. The van der Waals surface area contributed by atoms with Crippen LogP contribution in [-0.4, -0.2) is 22.4 Å². The third kappa shape index (κ3) is 2.65. The van der Waals surface area contributed by atoms with E-state index < -0.39 is 0 Å². The third-order valence-corrected chi connectivity index (χ3v) is 6.45. The van der Waals surface area contributed by atoms with Crippen LogP contribution >= 0.6 is 0 Å². The van der Waals surface area contributed by atoms with Gasteiger partial charge in [-0.15, -0.1) is 0 Å². The number of nitrogens with zero attached hydrogens (tertiary/aromatic N) is 3. The van der Waals surface area contributed by atoms with Crippen molar-refractivity contribution >= 4 is 11.7 Å². The fraction of sp³-hybridized carbons (Fsp3) is 0.524. The largest absolute Gasteiger partial charge is 0.331 e. The summed E-state index contributed by atoms with van der Waals surface area (Å²) in [5.41, 5.74) is 4.33. The van der Waals surface area contributed by atoms with Gasteiger partial charge < -0.3 is 5.32 Å². The number of hydrogen-bond acceptors (Lipinski definition) is 2. The molecule has 1 atom stereocenters. The molecule has 5 nitrogen and oxygen atoms in total. The van der Waals surface area contributed by atoms with Gasteiger partial charge in [0.25, 0.3) is 0 Å². The molecule has 0 radical (unpaired) electrons. The zero-order valence-corrected chi connectivity index (χ0v) is 16.5. The molecule has 1 aromatic carbocycles. The normalized spacial score (nSPS) is 18.3. The summed E-state index contributed by atoms with van der Waals surface area (Å²) in [5, 5.41) is 7.66. The van der Waals surface area contributed by atoms with Gasteiger partial charge in [-0.2, -0.15) is 5.10 Å². The van der Waals surface area contributed by atoms with E-state index in [0.717, 1.165) is 53.9 Å². The van der Waals surface area contributed by atoms with Gasteiger partial charge in [0.2, 0.25) is 0 Å². The lowest BCUT2D eigenvalue weighted by Gasteiger charge is -2.39. The highest BCUT2D eigenvalue weighted by Crippen LogP contribution is 2.53. The second-order valence-corrected chi connectivity index (χ2v) is 7.97. The summed E-state index contributed by atoms with van der Waals surface area (Å²) >= 11 is 0. The lowest BCUT2D eigenvalue weighted by molar-refractivity contribution is 0.231. The minimum Gasteiger partial charge on any atom is -0.331 e. The summed E-state index contributed by atoms with van der Waals surface area (Å²) < 4.78 is 16.4. The van der Waals surface area contributed by atoms with Crippen LogP contribution in [-0.2, 0) is 12.5 Å². The monoisotopic (exact) mass is 370 g/mol. The van der Waals surface area contributed by atoms with Crippen LogP contribution in [0.3, 0.4) is 0 Å². The van der Waals surface area contributed by atoms with Crippen molar-refractivity contribution in [2.24, 2.45) is 7.05 Å². The van der Waals surface area contributed by atoms with Crippen molar-refractivity contribution < 1.29 is 9.18 Å². The highest BCUT2D eigenvalue weighted by Gasteiger charge is 2.50. The average Bonchev–Trinajstić information content (AvgIpc) is 3.09. The first-order valence-electron chi connectivity index (χ1n) is 9.75. The molecule has 144 valence electrons. The number of hydrogen-bond donors (Lipinski definition) is 1. The summed E-state index contributed by atoms with van der Waals surface area (Å²) in [4.78, 5) is 14.9. The molecule has 27 heavy (non-hydrogen) atoms. The summed E-state index contributed by atoms with van der Waals surface area (Å²) in [6, 6.07) is 4.81. The fourth-order valence-corrected chi connectivity index (χ4v) is 4.82. The maximum absolute atomic E-state index is 14.6. The molecule has 1 spiro atoms. The summed E-state index contributed by atoms with van der Waals surface area (Å²) in [6.45, 7) is 6.62. The number of carbonyl (C=O) groups is 1. The highest BCUT2D eigenvalue weighted by molar-refractivity contribution is 5.95. The predicted molar refractivity (Wildman–Crippen MR) is 104 cm³/mol. The van der Waals surface area contributed by atoms with Crippen LogP contribution in [0.5, 0.6) is 0 Å². The van der Waals surface area contributed by atoms with Gasteiger partial charge in [-0.05, 0) is 45.2 Å². The lowest BCUT2D eigenvalue weighted by Crippen LogP contribution is -2.46. The number of amides is 2. The zero-order valence-electron chi connectivity index (χ0n) is 16.5. The van der Waals surface area contributed by atoms with Crippen molar-refractivity contribution in [3.05, 3.63) is 46.5 Å². The highest BCUT2D eigenvalue weighted by atomic mass is 19.1. The number of urea groups is 1. The molecular formula is C21H27FN4O. The van der Waals surface area contributed by atoms with Gasteiger partial charge in [0.15, 0.2) is 0 Å². The Bertz CT molecular complexity index is 900. The third-order valence-electron chi connectivity index (χ3n) is 6.45. The van der Waals surface area contributed by atoms with Crippen LogP contribution in [0.4, 0.5) is 14.9 Å². The van der Waals surface area contributed by atoms with Gasteiger partial charge in [-0.1, -0.05) is 19.4 Å². The molecule has 2 heterocycles. The van der Waals surface area contributed by atoms with Crippen LogP contribution in [0.15, 0.2) is 18.2 Å². The first kappa shape index (κ1) is 18.0. The van der Waals surface area contributed by atoms with Crippen molar-refractivity contribution in [1.82, 2.24) is 15.1 Å². The smallest absolute Gasteiger partial charge is 0.322 e. The second kappa shape index (κ2) is 6.36. The Balaban J connectivity index is 1.63. The van der Waals surface area contributed by atoms with E-state index >= 15 is 0 Å².